The number of benzene rings is 1. The predicted molar refractivity (Wildman–Crippen MR) is 109 cm³/mol. The third-order valence-corrected chi connectivity index (χ3v) is 4.82. The normalized spacial score (nSPS) is 15.7. The fourth-order valence-electron chi connectivity index (χ4n) is 3.08. The maximum atomic E-state index is 13.5. The van der Waals surface area contributed by atoms with Gasteiger partial charge in [0.25, 0.3) is 11.5 Å². The average Bonchev–Trinajstić information content (AvgIpc) is 3.31. The molecule has 2 aromatic heterocycles. The van der Waals surface area contributed by atoms with Crippen LogP contribution in [-0.2, 0) is 17.5 Å². The number of alkyl halides is 3. The van der Waals surface area contributed by atoms with Crippen molar-refractivity contribution in [2.45, 2.75) is 18.6 Å². The molecule has 14 heteroatoms. The van der Waals surface area contributed by atoms with E-state index in [0.717, 1.165) is 16.7 Å². The number of allylic oxidation sites excluding steroid dienone is 1. The SMILES string of the molecule is N#Cc1cc(Cl)cc(Oc2c(C(F)(F)F)ncn(CC3=CC(c4cn[nH]c4)C(=O)N=N3)c2=O)c1. The second-order valence-corrected chi connectivity index (χ2v) is 7.38. The molecule has 0 radical (unpaired) electrons. The lowest BCUT2D eigenvalue weighted by Crippen LogP contribution is -2.27. The van der Waals surface area contributed by atoms with Crippen LogP contribution < -0.4 is 10.3 Å². The number of azo groups is 1. The summed E-state index contributed by atoms with van der Waals surface area (Å²) in [6.07, 6.45) is -0.00419. The van der Waals surface area contributed by atoms with Gasteiger partial charge < -0.3 is 4.74 Å². The molecule has 0 saturated carbocycles. The number of H-pyrrole nitrogens is 1. The molecular formula is C20H11ClF3N7O3. The lowest BCUT2D eigenvalue weighted by Gasteiger charge is -2.16. The Morgan fingerprint density at radius 3 is 2.71 bits per heavy atom. The second-order valence-electron chi connectivity index (χ2n) is 6.95. The van der Waals surface area contributed by atoms with Crippen LogP contribution in [0.25, 0.3) is 0 Å². The highest BCUT2D eigenvalue weighted by Crippen LogP contribution is 2.35. The number of ether oxygens (including phenoxy) is 1. The van der Waals surface area contributed by atoms with Gasteiger partial charge in [-0.1, -0.05) is 11.6 Å². The summed E-state index contributed by atoms with van der Waals surface area (Å²) < 4.78 is 46.7. The number of hydrogen-bond acceptors (Lipinski definition) is 7. The Labute approximate surface area is 193 Å². The van der Waals surface area contributed by atoms with Crippen molar-refractivity contribution in [1.29, 1.82) is 5.26 Å². The minimum Gasteiger partial charge on any atom is -0.449 e. The summed E-state index contributed by atoms with van der Waals surface area (Å²) in [6.45, 7) is -0.343. The van der Waals surface area contributed by atoms with Gasteiger partial charge in [0.05, 0.1) is 42.3 Å². The Morgan fingerprint density at radius 2 is 2.03 bits per heavy atom. The molecule has 1 aliphatic rings. The highest BCUT2D eigenvalue weighted by Gasteiger charge is 2.39. The van der Waals surface area contributed by atoms with E-state index in [0.29, 0.717) is 11.9 Å². The second kappa shape index (κ2) is 8.91. The van der Waals surface area contributed by atoms with E-state index in [1.807, 2.05) is 0 Å². The van der Waals surface area contributed by atoms with E-state index in [2.05, 4.69) is 25.4 Å². The number of aromatic nitrogens is 4. The summed E-state index contributed by atoms with van der Waals surface area (Å²) in [7, 11) is 0. The Hall–Kier alpha value is -4.31. The monoisotopic (exact) mass is 489 g/mol. The van der Waals surface area contributed by atoms with Crippen LogP contribution in [-0.4, -0.2) is 25.7 Å². The quantitative estimate of drug-likeness (QED) is 0.575. The van der Waals surface area contributed by atoms with E-state index >= 15 is 0 Å². The van der Waals surface area contributed by atoms with Crippen LogP contribution in [0.15, 0.2) is 63.7 Å². The van der Waals surface area contributed by atoms with Gasteiger partial charge in [-0.25, -0.2) is 4.98 Å². The Bertz CT molecular complexity index is 1420. The van der Waals surface area contributed by atoms with Crippen molar-refractivity contribution in [3.05, 3.63) is 80.9 Å². The first-order chi connectivity index (χ1) is 16.2. The van der Waals surface area contributed by atoms with Gasteiger partial charge in [-0.2, -0.15) is 28.6 Å². The van der Waals surface area contributed by atoms with E-state index in [1.165, 1.54) is 24.5 Å². The number of halogens is 4. The lowest BCUT2D eigenvalue weighted by atomic mass is 10.00. The van der Waals surface area contributed by atoms with Gasteiger partial charge in [-0.3, -0.25) is 19.3 Å². The zero-order valence-corrected chi connectivity index (χ0v) is 17.5. The summed E-state index contributed by atoms with van der Waals surface area (Å²) in [6, 6.07) is 5.34. The Morgan fingerprint density at radius 1 is 1.24 bits per heavy atom. The molecule has 0 saturated heterocycles. The van der Waals surface area contributed by atoms with Crippen LogP contribution >= 0.6 is 11.6 Å². The average molecular weight is 490 g/mol. The highest BCUT2D eigenvalue weighted by molar-refractivity contribution is 6.30. The number of nitrogens with zero attached hydrogens (tertiary/aromatic N) is 6. The summed E-state index contributed by atoms with van der Waals surface area (Å²) in [4.78, 5) is 28.3. The molecule has 1 unspecified atom stereocenters. The smallest absolute Gasteiger partial charge is 0.437 e. The molecule has 0 aliphatic carbocycles. The zero-order valence-electron chi connectivity index (χ0n) is 16.7. The molecule has 4 rings (SSSR count). The van der Waals surface area contributed by atoms with Crippen LogP contribution in [0.5, 0.6) is 11.5 Å². The number of nitrogens with one attached hydrogen (secondary N) is 1. The predicted octanol–water partition coefficient (Wildman–Crippen LogP) is 3.96. The van der Waals surface area contributed by atoms with Crippen LogP contribution in [0.2, 0.25) is 5.02 Å². The van der Waals surface area contributed by atoms with Crippen LogP contribution in [0.1, 0.15) is 22.7 Å². The first kappa shape index (κ1) is 22.9. The molecule has 1 atom stereocenters. The fraction of sp³-hybridized carbons (Fsp3) is 0.150. The van der Waals surface area contributed by atoms with Gasteiger partial charge in [0.1, 0.15) is 5.75 Å². The highest BCUT2D eigenvalue weighted by atomic mass is 35.5. The number of carbonyl (C=O) groups excluding carboxylic acids is 1. The van der Waals surface area contributed by atoms with Gasteiger partial charge in [0.2, 0.25) is 5.75 Å². The standard InChI is InChI=1S/C20H11ClF3N7O3/c21-12-1-10(5-25)2-14(3-12)34-16-17(20(22,23)24)26-9-31(19(16)33)8-13-4-15(18(32)30-29-13)11-6-27-28-7-11/h1-4,6-7,9,15H,8H2,(H,27,28). The minimum atomic E-state index is -5.01. The molecule has 0 spiro atoms. The Balaban J connectivity index is 1.73. The minimum absolute atomic E-state index is 0.0167. The molecule has 1 amide bonds. The number of rotatable bonds is 5. The topological polar surface area (TPSA) is 138 Å². The molecule has 1 N–H and O–H groups in total. The first-order valence-electron chi connectivity index (χ1n) is 9.36. The molecule has 0 fully saturated rings. The van der Waals surface area contributed by atoms with Crippen molar-refractivity contribution in [1.82, 2.24) is 19.7 Å². The lowest BCUT2D eigenvalue weighted by molar-refractivity contribution is -0.142. The summed E-state index contributed by atoms with van der Waals surface area (Å²) in [5.74, 6) is -2.76. The van der Waals surface area contributed by atoms with E-state index in [9.17, 15) is 22.8 Å². The molecular weight excluding hydrogens is 479 g/mol. The molecule has 1 aliphatic heterocycles. The maximum Gasteiger partial charge on any atom is 0.437 e. The van der Waals surface area contributed by atoms with Crippen molar-refractivity contribution in [2.24, 2.45) is 10.2 Å². The molecule has 10 nitrogen and oxygen atoms in total. The maximum absolute atomic E-state index is 13.5. The van der Waals surface area contributed by atoms with Gasteiger partial charge in [0, 0.05) is 16.8 Å². The van der Waals surface area contributed by atoms with E-state index in [1.54, 1.807) is 6.07 Å². The van der Waals surface area contributed by atoms with Crippen molar-refractivity contribution >= 4 is 17.5 Å². The van der Waals surface area contributed by atoms with E-state index < -0.39 is 35.0 Å². The van der Waals surface area contributed by atoms with Gasteiger partial charge >= 0.3 is 6.18 Å². The molecule has 0 bridgehead atoms. The molecule has 3 aromatic rings. The fourth-order valence-corrected chi connectivity index (χ4v) is 3.31. The zero-order chi connectivity index (χ0) is 24.5. The summed E-state index contributed by atoms with van der Waals surface area (Å²) in [5, 5.41) is 22.7. The number of hydrogen-bond donors (Lipinski definition) is 1. The third kappa shape index (κ3) is 4.71. The van der Waals surface area contributed by atoms with Crippen molar-refractivity contribution < 1.29 is 22.7 Å². The first-order valence-corrected chi connectivity index (χ1v) is 9.73. The van der Waals surface area contributed by atoms with Crippen LogP contribution in [0, 0.1) is 11.3 Å². The van der Waals surface area contributed by atoms with Gasteiger partial charge in [0.15, 0.2) is 5.69 Å². The number of nitriles is 1. The van der Waals surface area contributed by atoms with Crippen molar-refractivity contribution in [2.75, 3.05) is 0 Å². The van der Waals surface area contributed by atoms with Crippen molar-refractivity contribution in [3.63, 3.8) is 0 Å². The number of amides is 1. The molecule has 172 valence electrons. The van der Waals surface area contributed by atoms with Crippen LogP contribution in [0.3, 0.4) is 0 Å². The van der Waals surface area contributed by atoms with Crippen LogP contribution in [0.4, 0.5) is 13.2 Å². The largest absolute Gasteiger partial charge is 0.449 e. The number of carbonyl (C=O) groups is 1. The summed E-state index contributed by atoms with van der Waals surface area (Å²) >= 11 is 5.88. The van der Waals surface area contributed by atoms with E-state index in [-0.39, 0.29) is 28.6 Å². The molecule has 1 aromatic carbocycles. The summed E-state index contributed by atoms with van der Waals surface area (Å²) in [5.41, 5.74) is -2.08. The van der Waals surface area contributed by atoms with E-state index in [4.69, 9.17) is 21.6 Å². The van der Waals surface area contributed by atoms with Gasteiger partial charge in [-0.05, 0) is 24.3 Å². The van der Waals surface area contributed by atoms with Crippen molar-refractivity contribution in [3.8, 4) is 17.6 Å². The third-order valence-electron chi connectivity index (χ3n) is 4.60. The Kier molecular flexibility index (Phi) is 5.99. The molecule has 34 heavy (non-hydrogen) atoms. The van der Waals surface area contributed by atoms with Gasteiger partial charge in [-0.15, -0.1) is 5.11 Å². The number of aromatic amines is 1. The molecule has 3 heterocycles.